The Morgan fingerprint density at radius 3 is 1.55 bits per heavy atom. The van der Waals surface area contributed by atoms with Crippen LogP contribution in [0.2, 0.25) is 0 Å². The molecule has 0 spiro atoms. The Morgan fingerprint density at radius 1 is 0.850 bits per heavy atom. The van der Waals surface area contributed by atoms with Crippen LogP contribution >= 0.6 is 0 Å². The van der Waals surface area contributed by atoms with E-state index >= 15 is 0 Å². The molecule has 122 valence electrons. The smallest absolute Gasteiger partial charge is 0.392 e. The number of likely N-dealkylation sites (N-methyl/N-ethyl adjacent to an activating group) is 1. The van der Waals surface area contributed by atoms with Crippen LogP contribution in [0.5, 0.6) is 0 Å². The van der Waals surface area contributed by atoms with E-state index in [0.29, 0.717) is 0 Å². The molecule has 0 aliphatic rings. The number of alkyl halides is 9. The minimum absolute atomic E-state index is 0.608. The SMILES string of the molecule is CN(C)C[C@H](O)CC(F)(F)C(F)(F)C(F)(F)C(F)(F)F. The van der Waals surface area contributed by atoms with Gasteiger partial charge in [-0.3, -0.25) is 0 Å². The van der Waals surface area contributed by atoms with E-state index in [1.807, 2.05) is 0 Å². The van der Waals surface area contributed by atoms with Gasteiger partial charge in [0.15, 0.2) is 0 Å². The molecule has 0 amide bonds. The molecule has 20 heavy (non-hydrogen) atoms. The highest BCUT2D eigenvalue weighted by molar-refractivity contribution is 5.01. The Labute approximate surface area is 108 Å². The molecular formula is C9H12F9NO. The molecule has 1 N–H and O–H groups in total. The number of aliphatic hydroxyl groups is 1. The van der Waals surface area contributed by atoms with Crippen molar-refractivity contribution in [3.05, 3.63) is 0 Å². The molecule has 0 aromatic carbocycles. The van der Waals surface area contributed by atoms with E-state index in [-0.39, 0.29) is 0 Å². The Morgan fingerprint density at radius 2 is 1.25 bits per heavy atom. The fourth-order valence-electron chi connectivity index (χ4n) is 1.32. The zero-order chi connectivity index (χ0) is 16.6. The Bertz CT molecular complexity index is 326. The molecule has 1 atom stereocenters. The molecule has 0 bridgehead atoms. The van der Waals surface area contributed by atoms with Gasteiger partial charge in [-0.2, -0.15) is 39.5 Å². The van der Waals surface area contributed by atoms with E-state index in [1.54, 1.807) is 0 Å². The second-order valence-electron chi connectivity index (χ2n) is 4.47. The zero-order valence-corrected chi connectivity index (χ0v) is 10.3. The number of hydrogen-bond donors (Lipinski definition) is 1. The number of rotatable bonds is 6. The van der Waals surface area contributed by atoms with Gasteiger partial charge >= 0.3 is 23.9 Å². The molecule has 0 unspecified atom stereocenters. The maximum atomic E-state index is 13.0. The lowest BCUT2D eigenvalue weighted by Crippen LogP contribution is -2.61. The molecule has 0 fully saturated rings. The van der Waals surface area contributed by atoms with Gasteiger partial charge in [-0.1, -0.05) is 0 Å². The maximum Gasteiger partial charge on any atom is 0.460 e. The van der Waals surface area contributed by atoms with Crippen LogP contribution in [0.25, 0.3) is 0 Å². The quantitative estimate of drug-likeness (QED) is 0.761. The van der Waals surface area contributed by atoms with Gasteiger partial charge in [0.1, 0.15) is 0 Å². The summed E-state index contributed by atoms with van der Waals surface area (Å²) in [5.74, 6) is -19.3. The van der Waals surface area contributed by atoms with Crippen LogP contribution in [0.1, 0.15) is 6.42 Å². The van der Waals surface area contributed by atoms with Crippen LogP contribution in [-0.4, -0.2) is 60.7 Å². The molecule has 0 aromatic rings. The van der Waals surface area contributed by atoms with Crippen molar-refractivity contribution in [1.29, 1.82) is 0 Å². The van der Waals surface area contributed by atoms with E-state index < -0.39 is 43.0 Å². The van der Waals surface area contributed by atoms with Crippen molar-refractivity contribution >= 4 is 0 Å². The summed E-state index contributed by atoms with van der Waals surface area (Å²) in [6.45, 7) is -0.608. The summed E-state index contributed by atoms with van der Waals surface area (Å²) in [7, 11) is 2.51. The summed E-state index contributed by atoms with van der Waals surface area (Å²) in [5, 5.41) is 9.01. The van der Waals surface area contributed by atoms with Crippen LogP contribution in [0.15, 0.2) is 0 Å². The third-order valence-corrected chi connectivity index (χ3v) is 2.28. The van der Waals surface area contributed by atoms with E-state index in [2.05, 4.69) is 0 Å². The average molecular weight is 321 g/mol. The van der Waals surface area contributed by atoms with Gasteiger partial charge < -0.3 is 10.0 Å². The van der Waals surface area contributed by atoms with Crippen molar-refractivity contribution in [2.45, 2.75) is 36.5 Å². The third kappa shape index (κ3) is 3.68. The summed E-state index contributed by atoms with van der Waals surface area (Å²) < 4.78 is 112. The molecule has 0 saturated carbocycles. The lowest BCUT2D eigenvalue weighted by atomic mass is 9.98. The summed E-state index contributed by atoms with van der Waals surface area (Å²) in [5.41, 5.74) is 0. The van der Waals surface area contributed by atoms with Gasteiger partial charge in [0.25, 0.3) is 0 Å². The molecular weight excluding hydrogens is 309 g/mol. The molecule has 0 aromatic heterocycles. The Kier molecular flexibility index (Phi) is 5.39. The number of aliphatic hydroxyl groups excluding tert-OH is 1. The number of hydrogen-bond acceptors (Lipinski definition) is 2. The summed E-state index contributed by atoms with van der Waals surface area (Å²) in [6, 6.07) is 0. The van der Waals surface area contributed by atoms with Crippen molar-refractivity contribution in [2.24, 2.45) is 0 Å². The standard InChI is InChI=1S/C9H12F9NO/c1-19(2)4-5(20)3-6(10,11)7(12,13)8(14,15)9(16,17)18/h5,20H,3-4H2,1-2H3/t5-/m1/s1. The topological polar surface area (TPSA) is 23.5 Å². The van der Waals surface area contributed by atoms with Crippen LogP contribution in [0.3, 0.4) is 0 Å². The predicted octanol–water partition coefficient (Wildman–Crippen LogP) is 2.77. The average Bonchev–Trinajstić information content (AvgIpc) is 2.12. The maximum absolute atomic E-state index is 13.0. The lowest BCUT2D eigenvalue weighted by Gasteiger charge is -2.34. The Hall–Kier alpha value is -0.710. The molecule has 0 rings (SSSR count). The van der Waals surface area contributed by atoms with Gasteiger partial charge in [-0.15, -0.1) is 0 Å². The molecule has 0 heterocycles. The molecule has 0 aliphatic heterocycles. The lowest BCUT2D eigenvalue weighted by molar-refractivity contribution is -0.398. The highest BCUT2D eigenvalue weighted by atomic mass is 19.4. The van der Waals surface area contributed by atoms with Crippen molar-refractivity contribution < 1.29 is 44.6 Å². The first-order valence-corrected chi connectivity index (χ1v) is 5.09. The fraction of sp³-hybridized carbons (Fsp3) is 1.00. The second kappa shape index (κ2) is 5.58. The molecule has 0 saturated heterocycles. The van der Waals surface area contributed by atoms with E-state index in [4.69, 9.17) is 5.11 Å². The zero-order valence-electron chi connectivity index (χ0n) is 10.3. The second-order valence-corrected chi connectivity index (χ2v) is 4.47. The first kappa shape index (κ1) is 19.3. The Balaban J connectivity index is 5.26. The minimum atomic E-state index is -6.92. The molecule has 11 heteroatoms. The van der Waals surface area contributed by atoms with Crippen LogP contribution < -0.4 is 0 Å². The first-order valence-electron chi connectivity index (χ1n) is 5.09. The van der Waals surface area contributed by atoms with Crippen molar-refractivity contribution in [3.63, 3.8) is 0 Å². The predicted molar refractivity (Wildman–Crippen MR) is 50.1 cm³/mol. The van der Waals surface area contributed by atoms with E-state index in [1.165, 1.54) is 14.1 Å². The monoisotopic (exact) mass is 321 g/mol. The van der Waals surface area contributed by atoms with Crippen LogP contribution in [0, 0.1) is 0 Å². The molecule has 0 radical (unpaired) electrons. The minimum Gasteiger partial charge on any atom is -0.392 e. The third-order valence-electron chi connectivity index (χ3n) is 2.28. The van der Waals surface area contributed by atoms with Gasteiger partial charge in [0.2, 0.25) is 0 Å². The van der Waals surface area contributed by atoms with E-state index in [0.717, 1.165) is 4.90 Å². The summed E-state index contributed by atoms with van der Waals surface area (Å²) >= 11 is 0. The van der Waals surface area contributed by atoms with Crippen molar-refractivity contribution in [2.75, 3.05) is 20.6 Å². The van der Waals surface area contributed by atoms with Crippen molar-refractivity contribution in [1.82, 2.24) is 4.90 Å². The van der Waals surface area contributed by atoms with Crippen molar-refractivity contribution in [3.8, 4) is 0 Å². The molecule has 0 aliphatic carbocycles. The summed E-state index contributed by atoms with van der Waals surface area (Å²) in [6.07, 6.45) is -11.3. The number of nitrogens with zero attached hydrogens (tertiary/aromatic N) is 1. The highest BCUT2D eigenvalue weighted by Gasteiger charge is 2.81. The number of halogens is 9. The summed E-state index contributed by atoms with van der Waals surface area (Å²) in [4.78, 5) is 1.07. The van der Waals surface area contributed by atoms with Gasteiger partial charge in [-0.05, 0) is 14.1 Å². The molecule has 2 nitrogen and oxygen atoms in total. The highest BCUT2D eigenvalue weighted by Crippen LogP contribution is 2.54. The van der Waals surface area contributed by atoms with Gasteiger partial charge in [0.05, 0.1) is 6.10 Å². The van der Waals surface area contributed by atoms with E-state index in [9.17, 15) is 39.5 Å². The largest absolute Gasteiger partial charge is 0.460 e. The fourth-order valence-corrected chi connectivity index (χ4v) is 1.32. The normalized spacial score (nSPS) is 16.6. The first-order chi connectivity index (χ1) is 8.56. The van der Waals surface area contributed by atoms with Gasteiger partial charge in [-0.25, -0.2) is 0 Å². The van der Waals surface area contributed by atoms with Gasteiger partial charge in [0, 0.05) is 13.0 Å². The van der Waals surface area contributed by atoms with Crippen LogP contribution in [0.4, 0.5) is 39.5 Å². The van der Waals surface area contributed by atoms with Crippen LogP contribution in [-0.2, 0) is 0 Å².